The molecule has 1 aliphatic rings. The minimum absolute atomic E-state index is 0.0163. The van der Waals surface area contributed by atoms with Crippen LogP contribution in [-0.2, 0) is 11.3 Å². The average Bonchev–Trinajstić information content (AvgIpc) is 2.83. The molecule has 2 N–H and O–H groups in total. The van der Waals surface area contributed by atoms with E-state index in [9.17, 15) is 4.79 Å². The Hall–Kier alpha value is -2.85. The van der Waals surface area contributed by atoms with Gasteiger partial charge in [0.05, 0.1) is 17.9 Å². The van der Waals surface area contributed by atoms with E-state index >= 15 is 0 Å². The molecular weight excluding hydrogens is 358 g/mol. The summed E-state index contributed by atoms with van der Waals surface area (Å²) in [6.07, 6.45) is 1.07. The largest absolute Gasteiger partial charge is 0.368 e. The second-order valence-electron chi connectivity index (χ2n) is 8.29. The third-order valence-corrected chi connectivity index (χ3v) is 5.70. The van der Waals surface area contributed by atoms with Crippen LogP contribution in [0.15, 0.2) is 66.7 Å². The number of benzene rings is 3. The molecule has 0 bridgehead atoms. The van der Waals surface area contributed by atoms with E-state index in [1.807, 2.05) is 35.2 Å². The lowest BCUT2D eigenvalue weighted by atomic mass is 10.0. The van der Waals surface area contributed by atoms with E-state index in [-0.39, 0.29) is 5.91 Å². The van der Waals surface area contributed by atoms with Gasteiger partial charge in [0.1, 0.15) is 6.04 Å². The molecule has 1 atom stereocenters. The highest BCUT2D eigenvalue weighted by Gasteiger charge is 2.31. The van der Waals surface area contributed by atoms with Crippen molar-refractivity contribution in [3.8, 4) is 0 Å². The Labute approximate surface area is 172 Å². The topological polar surface area (TPSA) is 49.6 Å². The van der Waals surface area contributed by atoms with Gasteiger partial charge >= 0.3 is 0 Å². The number of nitrogens with two attached hydrogens (primary N) is 1. The number of rotatable bonds is 5. The molecule has 1 unspecified atom stereocenters. The normalized spacial score (nSPS) is 17.0. The van der Waals surface area contributed by atoms with E-state index in [4.69, 9.17) is 5.73 Å². The van der Waals surface area contributed by atoms with Crippen LogP contribution >= 0.6 is 0 Å². The summed E-state index contributed by atoms with van der Waals surface area (Å²) in [6.45, 7) is 6.42. The summed E-state index contributed by atoms with van der Waals surface area (Å²) in [5.41, 5.74) is 9.55. The van der Waals surface area contributed by atoms with Crippen molar-refractivity contribution < 1.29 is 4.79 Å². The molecule has 0 saturated heterocycles. The Morgan fingerprint density at radius 3 is 2.45 bits per heavy atom. The smallest absolute Gasteiger partial charge is 0.246 e. The van der Waals surface area contributed by atoms with Crippen LogP contribution in [0.3, 0.4) is 0 Å². The molecule has 1 amide bonds. The predicted molar refractivity (Wildman–Crippen MR) is 121 cm³/mol. The average molecular weight is 388 g/mol. The van der Waals surface area contributed by atoms with Gasteiger partial charge in [-0.15, -0.1) is 0 Å². The van der Waals surface area contributed by atoms with Crippen LogP contribution in [0.5, 0.6) is 0 Å². The minimum Gasteiger partial charge on any atom is -0.368 e. The highest BCUT2D eigenvalue weighted by Crippen LogP contribution is 2.34. The van der Waals surface area contributed by atoms with Gasteiger partial charge in [-0.25, -0.2) is 0 Å². The molecule has 0 saturated carbocycles. The van der Waals surface area contributed by atoms with Crippen LogP contribution in [0.4, 0.5) is 11.4 Å². The van der Waals surface area contributed by atoms with Crippen LogP contribution in [0, 0.1) is 5.92 Å². The maximum atomic E-state index is 13.3. The molecule has 0 fully saturated rings. The third kappa shape index (κ3) is 3.99. The summed E-state index contributed by atoms with van der Waals surface area (Å²) in [4.78, 5) is 17.5. The molecular formula is C25H29N3O. The number of para-hydroxylation sites is 2. The lowest BCUT2D eigenvalue weighted by molar-refractivity contribution is -0.119. The quantitative estimate of drug-likeness (QED) is 0.698. The number of fused-ring (bicyclic) bond motifs is 2. The van der Waals surface area contributed by atoms with Gasteiger partial charge in [-0.2, -0.15) is 0 Å². The van der Waals surface area contributed by atoms with Gasteiger partial charge in [-0.05, 0) is 40.8 Å². The molecule has 1 heterocycles. The Bertz CT molecular complexity index is 1010. The highest BCUT2D eigenvalue weighted by molar-refractivity contribution is 6.02. The first-order valence-corrected chi connectivity index (χ1v) is 10.4. The zero-order valence-corrected chi connectivity index (χ0v) is 17.2. The van der Waals surface area contributed by atoms with Crippen molar-refractivity contribution in [2.45, 2.75) is 32.9 Å². The molecule has 4 rings (SSSR count). The summed E-state index contributed by atoms with van der Waals surface area (Å²) >= 11 is 0. The number of amides is 1. The monoisotopic (exact) mass is 387 g/mol. The van der Waals surface area contributed by atoms with E-state index in [1.165, 1.54) is 10.8 Å². The number of hydrogen-bond acceptors (Lipinski definition) is 3. The fraction of sp³-hybridized carbons (Fsp3) is 0.320. The summed E-state index contributed by atoms with van der Waals surface area (Å²) in [6, 6.07) is 22.2. The first-order chi connectivity index (χ1) is 14.0. The van der Waals surface area contributed by atoms with Gasteiger partial charge < -0.3 is 15.5 Å². The van der Waals surface area contributed by atoms with Crippen LogP contribution < -0.4 is 15.5 Å². The molecule has 0 aliphatic carbocycles. The molecule has 4 heteroatoms. The predicted octanol–water partition coefficient (Wildman–Crippen LogP) is 4.57. The van der Waals surface area contributed by atoms with Crippen molar-refractivity contribution in [1.82, 2.24) is 0 Å². The minimum atomic E-state index is -0.537. The summed E-state index contributed by atoms with van der Waals surface area (Å²) in [5.74, 6) is 0.585. The lowest BCUT2D eigenvalue weighted by Gasteiger charge is -2.27. The van der Waals surface area contributed by atoms with E-state index in [0.29, 0.717) is 19.0 Å². The van der Waals surface area contributed by atoms with E-state index in [2.05, 4.69) is 55.1 Å². The van der Waals surface area contributed by atoms with Crippen molar-refractivity contribution in [3.63, 3.8) is 0 Å². The molecule has 29 heavy (non-hydrogen) atoms. The number of nitrogens with zero attached hydrogens (tertiary/aromatic N) is 2. The summed E-state index contributed by atoms with van der Waals surface area (Å²) in [5, 5.41) is 2.36. The Kier molecular flexibility index (Phi) is 5.54. The Morgan fingerprint density at radius 2 is 1.66 bits per heavy atom. The summed E-state index contributed by atoms with van der Waals surface area (Å²) in [7, 11) is 0. The molecule has 1 aliphatic heterocycles. The van der Waals surface area contributed by atoms with Crippen molar-refractivity contribution in [2.75, 3.05) is 22.9 Å². The van der Waals surface area contributed by atoms with Crippen molar-refractivity contribution >= 4 is 28.1 Å². The van der Waals surface area contributed by atoms with Crippen LogP contribution in [0.2, 0.25) is 0 Å². The first kappa shape index (κ1) is 19.5. The van der Waals surface area contributed by atoms with Gasteiger partial charge in [0.2, 0.25) is 5.91 Å². The molecule has 4 nitrogen and oxygen atoms in total. The lowest BCUT2D eigenvalue weighted by Crippen LogP contribution is -2.47. The Morgan fingerprint density at radius 1 is 0.966 bits per heavy atom. The van der Waals surface area contributed by atoms with Crippen molar-refractivity contribution in [3.05, 3.63) is 72.3 Å². The van der Waals surface area contributed by atoms with Crippen molar-refractivity contribution in [2.24, 2.45) is 11.7 Å². The first-order valence-electron chi connectivity index (χ1n) is 10.4. The number of hydrogen-bond donors (Lipinski definition) is 1. The molecule has 3 aromatic rings. The summed E-state index contributed by atoms with van der Waals surface area (Å²) < 4.78 is 0. The van der Waals surface area contributed by atoms with E-state index < -0.39 is 6.04 Å². The molecule has 0 radical (unpaired) electrons. The molecule has 0 aromatic heterocycles. The van der Waals surface area contributed by atoms with E-state index in [1.54, 1.807) is 0 Å². The molecule has 3 aromatic carbocycles. The second-order valence-corrected chi connectivity index (χ2v) is 8.29. The Balaban J connectivity index is 1.74. The zero-order valence-electron chi connectivity index (χ0n) is 17.2. The number of carbonyl (C=O) groups is 1. The van der Waals surface area contributed by atoms with Gasteiger partial charge in [0.25, 0.3) is 0 Å². The SMILES string of the molecule is CC(C)CCN1CC(N)C(=O)N(Cc2cccc3ccccc23)c2ccccc21. The van der Waals surface area contributed by atoms with Crippen LogP contribution in [0.25, 0.3) is 10.8 Å². The van der Waals surface area contributed by atoms with Crippen molar-refractivity contribution in [1.29, 1.82) is 0 Å². The number of carbonyl (C=O) groups excluding carboxylic acids is 1. The van der Waals surface area contributed by atoms with Crippen LogP contribution in [-0.4, -0.2) is 25.0 Å². The highest BCUT2D eigenvalue weighted by atomic mass is 16.2. The number of anilines is 2. The fourth-order valence-electron chi connectivity index (χ4n) is 4.08. The molecule has 150 valence electrons. The fourth-order valence-corrected chi connectivity index (χ4v) is 4.08. The maximum Gasteiger partial charge on any atom is 0.246 e. The maximum absolute atomic E-state index is 13.3. The van der Waals surface area contributed by atoms with E-state index in [0.717, 1.165) is 29.9 Å². The molecule has 0 spiro atoms. The third-order valence-electron chi connectivity index (χ3n) is 5.70. The van der Waals surface area contributed by atoms with Gasteiger partial charge in [0, 0.05) is 13.1 Å². The van der Waals surface area contributed by atoms with Gasteiger partial charge in [-0.1, -0.05) is 68.4 Å². The standard InChI is InChI=1S/C25H29N3O/c1-18(2)14-15-27-17-22(26)25(29)28(24-13-6-5-12-23(24)27)16-20-10-7-9-19-8-3-4-11-21(19)20/h3-13,18,22H,14-17,26H2,1-2H3. The zero-order chi connectivity index (χ0) is 20.4. The second kappa shape index (κ2) is 8.26. The van der Waals surface area contributed by atoms with Crippen LogP contribution in [0.1, 0.15) is 25.8 Å². The van der Waals surface area contributed by atoms with Gasteiger partial charge in [0.15, 0.2) is 0 Å². The van der Waals surface area contributed by atoms with Gasteiger partial charge in [-0.3, -0.25) is 4.79 Å².